The van der Waals surface area contributed by atoms with Crippen LogP contribution >= 0.6 is 0 Å². The minimum absolute atomic E-state index is 0.161. The van der Waals surface area contributed by atoms with Crippen molar-refractivity contribution >= 4 is 17.0 Å². The second-order valence-electron chi connectivity index (χ2n) is 6.21. The highest BCUT2D eigenvalue weighted by molar-refractivity contribution is 5.82. The van der Waals surface area contributed by atoms with Gasteiger partial charge in [-0.1, -0.05) is 18.2 Å². The minimum atomic E-state index is -0.496. The molecule has 0 aliphatic carbocycles. The van der Waals surface area contributed by atoms with Crippen LogP contribution in [0.2, 0.25) is 0 Å². The van der Waals surface area contributed by atoms with E-state index in [1.54, 1.807) is 0 Å². The van der Waals surface area contributed by atoms with E-state index in [0.717, 1.165) is 11.1 Å². The monoisotopic (exact) mass is 289 g/mol. The van der Waals surface area contributed by atoms with E-state index in [1.807, 2.05) is 45.2 Å². The number of fused-ring (bicyclic) bond motifs is 1. The van der Waals surface area contributed by atoms with Crippen LogP contribution in [0.3, 0.4) is 0 Å². The minimum Gasteiger partial charge on any atom is -0.444 e. The van der Waals surface area contributed by atoms with Gasteiger partial charge in [-0.3, -0.25) is 0 Å². The number of benzene rings is 1. The van der Waals surface area contributed by atoms with Crippen molar-refractivity contribution in [3.63, 3.8) is 0 Å². The summed E-state index contributed by atoms with van der Waals surface area (Å²) in [4.78, 5) is 14.8. The molecule has 1 atom stereocenters. The second-order valence-corrected chi connectivity index (χ2v) is 6.21. The van der Waals surface area contributed by atoms with Crippen molar-refractivity contribution in [2.24, 2.45) is 5.73 Å². The van der Waals surface area contributed by atoms with E-state index in [0.29, 0.717) is 13.0 Å². The standard InChI is InChI=1S/C16H23N3O2/c1-16(2,3)21-15(20)19-10-13(17)9-12-6-4-5-11-7-8-18-14(11)12/h4-8,13,18H,9-10,17H2,1-3H3,(H,19,20). The lowest BCUT2D eigenvalue weighted by Gasteiger charge is -2.21. The Hall–Kier alpha value is -2.01. The number of carbonyl (C=O) groups excluding carboxylic acids is 1. The molecule has 1 heterocycles. The predicted molar refractivity (Wildman–Crippen MR) is 84.2 cm³/mol. The predicted octanol–water partition coefficient (Wildman–Crippen LogP) is 2.56. The topological polar surface area (TPSA) is 80.1 Å². The number of nitrogens with two attached hydrogens (primary N) is 1. The van der Waals surface area contributed by atoms with Gasteiger partial charge in [0.25, 0.3) is 0 Å². The van der Waals surface area contributed by atoms with Gasteiger partial charge in [-0.2, -0.15) is 0 Å². The van der Waals surface area contributed by atoms with Crippen LogP contribution in [0, 0.1) is 0 Å². The summed E-state index contributed by atoms with van der Waals surface area (Å²) < 4.78 is 5.18. The van der Waals surface area contributed by atoms with E-state index in [-0.39, 0.29) is 6.04 Å². The smallest absolute Gasteiger partial charge is 0.407 e. The molecule has 1 unspecified atom stereocenters. The van der Waals surface area contributed by atoms with Gasteiger partial charge in [0.15, 0.2) is 0 Å². The molecule has 2 aromatic rings. The molecule has 0 aliphatic heterocycles. The average molecular weight is 289 g/mol. The molecule has 114 valence electrons. The first-order chi connectivity index (χ1) is 9.85. The summed E-state index contributed by atoms with van der Waals surface area (Å²) >= 11 is 0. The van der Waals surface area contributed by atoms with E-state index in [4.69, 9.17) is 10.5 Å². The van der Waals surface area contributed by atoms with Gasteiger partial charge in [-0.25, -0.2) is 4.79 Å². The molecule has 1 aromatic heterocycles. The highest BCUT2D eigenvalue weighted by Crippen LogP contribution is 2.17. The fourth-order valence-corrected chi connectivity index (χ4v) is 2.20. The van der Waals surface area contributed by atoms with Gasteiger partial charge < -0.3 is 20.8 Å². The van der Waals surface area contributed by atoms with Crippen LogP contribution in [0.15, 0.2) is 30.5 Å². The molecule has 0 bridgehead atoms. The summed E-state index contributed by atoms with van der Waals surface area (Å²) in [6, 6.07) is 7.99. The maximum atomic E-state index is 11.6. The Morgan fingerprint density at radius 1 is 1.38 bits per heavy atom. The maximum absolute atomic E-state index is 11.6. The SMILES string of the molecule is CC(C)(C)OC(=O)NCC(N)Cc1cccc2cc[nH]c12. The number of alkyl carbamates (subject to hydrolysis) is 1. The van der Waals surface area contributed by atoms with Crippen LogP contribution < -0.4 is 11.1 Å². The Labute approximate surface area is 124 Å². The molecule has 0 aliphatic rings. The third kappa shape index (κ3) is 4.49. The summed E-state index contributed by atoms with van der Waals surface area (Å²) in [5.41, 5.74) is 7.85. The van der Waals surface area contributed by atoms with Crippen molar-refractivity contribution < 1.29 is 9.53 Å². The fourth-order valence-electron chi connectivity index (χ4n) is 2.20. The molecule has 4 N–H and O–H groups in total. The van der Waals surface area contributed by atoms with E-state index in [1.165, 1.54) is 5.39 Å². The zero-order valence-electron chi connectivity index (χ0n) is 12.8. The van der Waals surface area contributed by atoms with Crippen molar-refractivity contribution in [1.82, 2.24) is 10.3 Å². The Bertz CT molecular complexity index is 613. The zero-order valence-corrected chi connectivity index (χ0v) is 12.8. The number of para-hydroxylation sites is 1. The maximum Gasteiger partial charge on any atom is 0.407 e. The zero-order chi connectivity index (χ0) is 15.5. The first kappa shape index (κ1) is 15.4. The number of carbonyl (C=O) groups is 1. The lowest BCUT2D eigenvalue weighted by atomic mass is 10.0. The Morgan fingerprint density at radius 3 is 2.86 bits per heavy atom. The third-order valence-corrected chi connectivity index (χ3v) is 3.06. The Kier molecular flexibility index (Phi) is 4.53. The van der Waals surface area contributed by atoms with E-state index in [9.17, 15) is 4.79 Å². The molecule has 1 aromatic carbocycles. The summed E-state index contributed by atoms with van der Waals surface area (Å²) in [6.07, 6.45) is 2.17. The molecule has 5 heteroatoms. The number of aromatic nitrogens is 1. The number of H-pyrrole nitrogens is 1. The van der Waals surface area contributed by atoms with Gasteiger partial charge in [-0.15, -0.1) is 0 Å². The fraction of sp³-hybridized carbons (Fsp3) is 0.438. The van der Waals surface area contributed by atoms with Crippen LogP contribution in [0.5, 0.6) is 0 Å². The highest BCUT2D eigenvalue weighted by Gasteiger charge is 2.16. The van der Waals surface area contributed by atoms with E-state index in [2.05, 4.69) is 16.4 Å². The average Bonchev–Trinajstić information content (AvgIpc) is 2.84. The number of hydrogen-bond acceptors (Lipinski definition) is 3. The van der Waals surface area contributed by atoms with Crippen molar-refractivity contribution in [2.75, 3.05) is 6.54 Å². The normalized spacial score (nSPS) is 13.1. The first-order valence-electron chi connectivity index (χ1n) is 7.12. The second kappa shape index (κ2) is 6.18. The summed E-state index contributed by atoms with van der Waals surface area (Å²) in [5.74, 6) is 0. The molecule has 0 saturated heterocycles. The van der Waals surface area contributed by atoms with E-state index >= 15 is 0 Å². The molecule has 2 rings (SSSR count). The number of hydrogen-bond donors (Lipinski definition) is 3. The van der Waals surface area contributed by atoms with Gasteiger partial charge in [0.1, 0.15) is 5.60 Å². The third-order valence-electron chi connectivity index (χ3n) is 3.06. The molecule has 21 heavy (non-hydrogen) atoms. The number of aromatic amines is 1. The summed E-state index contributed by atoms with van der Waals surface area (Å²) in [6.45, 7) is 5.88. The quantitative estimate of drug-likeness (QED) is 0.809. The van der Waals surface area contributed by atoms with Gasteiger partial charge in [-0.05, 0) is 44.2 Å². The van der Waals surface area contributed by atoms with Gasteiger partial charge in [0.05, 0.1) is 0 Å². The van der Waals surface area contributed by atoms with E-state index < -0.39 is 11.7 Å². The Balaban J connectivity index is 1.89. The molecule has 0 spiro atoms. The van der Waals surface area contributed by atoms with Gasteiger partial charge in [0, 0.05) is 24.3 Å². The van der Waals surface area contributed by atoms with Crippen LogP contribution in [-0.2, 0) is 11.2 Å². The molecule has 1 amide bonds. The van der Waals surface area contributed by atoms with Crippen LogP contribution in [0.4, 0.5) is 4.79 Å². The number of ether oxygens (including phenoxy) is 1. The van der Waals surface area contributed by atoms with Crippen molar-refractivity contribution in [1.29, 1.82) is 0 Å². The van der Waals surface area contributed by atoms with Crippen molar-refractivity contribution in [2.45, 2.75) is 38.8 Å². The molecular weight excluding hydrogens is 266 g/mol. The largest absolute Gasteiger partial charge is 0.444 e. The number of rotatable bonds is 4. The van der Waals surface area contributed by atoms with Crippen LogP contribution in [-0.4, -0.2) is 29.3 Å². The summed E-state index contributed by atoms with van der Waals surface area (Å²) in [5, 5.41) is 3.87. The lowest BCUT2D eigenvalue weighted by Crippen LogP contribution is -2.41. The van der Waals surface area contributed by atoms with Crippen LogP contribution in [0.25, 0.3) is 10.9 Å². The number of amides is 1. The molecule has 0 saturated carbocycles. The number of nitrogens with one attached hydrogen (secondary N) is 2. The molecule has 0 radical (unpaired) electrons. The molecule has 0 fully saturated rings. The van der Waals surface area contributed by atoms with Gasteiger partial charge >= 0.3 is 6.09 Å². The Morgan fingerprint density at radius 2 is 2.14 bits per heavy atom. The molecule has 5 nitrogen and oxygen atoms in total. The van der Waals surface area contributed by atoms with Crippen molar-refractivity contribution in [3.05, 3.63) is 36.0 Å². The lowest BCUT2D eigenvalue weighted by molar-refractivity contribution is 0.0524. The first-order valence-corrected chi connectivity index (χ1v) is 7.12. The van der Waals surface area contributed by atoms with Crippen LogP contribution in [0.1, 0.15) is 26.3 Å². The highest BCUT2D eigenvalue weighted by atomic mass is 16.6. The van der Waals surface area contributed by atoms with Gasteiger partial charge in [0.2, 0.25) is 0 Å². The van der Waals surface area contributed by atoms with Crippen molar-refractivity contribution in [3.8, 4) is 0 Å². The molecular formula is C16H23N3O2. The summed E-state index contributed by atoms with van der Waals surface area (Å²) in [7, 11) is 0.